The van der Waals surface area contributed by atoms with Crippen LogP contribution < -0.4 is 10.9 Å². The number of hydrogen-bond donors (Lipinski definition) is 1. The summed E-state index contributed by atoms with van der Waals surface area (Å²) in [5, 5.41) is 6.58. The van der Waals surface area contributed by atoms with Crippen LogP contribution in [0.4, 0.5) is 5.13 Å². The molecular formula is C21H17ClN4O2S2. The van der Waals surface area contributed by atoms with Crippen LogP contribution in [-0.2, 0) is 4.79 Å². The van der Waals surface area contributed by atoms with E-state index in [2.05, 4.69) is 15.3 Å². The molecular weight excluding hydrogens is 440 g/mol. The minimum absolute atomic E-state index is 0.0863. The Bertz CT molecular complexity index is 1320. The van der Waals surface area contributed by atoms with Gasteiger partial charge >= 0.3 is 0 Å². The van der Waals surface area contributed by atoms with Gasteiger partial charge in [0.2, 0.25) is 5.91 Å². The molecule has 0 aliphatic heterocycles. The summed E-state index contributed by atoms with van der Waals surface area (Å²) in [6.45, 7) is 3.80. The molecule has 2 aromatic carbocycles. The van der Waals surface area contributed by atoms with Gasteiger partial charge in [0.05, 0.1) is 28.0 Å². The normalized spacial score (nSPS) is 11.0. The van der Waals surface area contributed by atoms with E-state index in [0.29, 0.717) is 26.2 Å². The Kier molecular flexibility index (Phi) is 5.90. The fraction of sp³-hybridized carbons (Fsp3) is 0.143. The number of nitrogens with zero attached hydrogens (tertiary/aromatic N) is 3. The van der Waals surface area contributed by atoms with Gasteiger partial charge in [-0.05, 0) is 43.7 Å². The van der Waals surface area contributed by atoms with Crippen molar-refractivity contribution in [2.75, 3.05) is 11.1 Å². The first-order valence-corrected chi connectivity index (χ1v) is 11.3. The van der Waals surface area contributed by atoms with E-state index >= 15 is 0 Å². The van der Waals surface area contributed by atoms with Crippen molar-refractivity contribution in [3.8, 4) is 5.69 Å². The van der Waals surface area contributed by atoms with E-state index in [1.165, 1.54) is 23.1 Å². The zero-order valence-electron chi connectivity index (χ0n) is 16.2. The van der Waals surface area contributed by atoms with Gasteiger partial charge in [-0.1, -0.05) is 41.6 Å². The van der Waals surface area contributed by atoms with E-state index in [0.717, 1.165) is 16.9 Å². The van der Waals surface area contributed by atoms with Crippen molar-refractivity contribution in [3.05, 3.63) is 74.5 Å². The van der Waals surface area contributed by atoms with E-state index in [-0.39, 0.29) is 17.2 Å². The summed E-state index contributed by atoms with van der Waals surface area (Å²) in [6, 6.07) is 12.6. The maximum Gasteiger partial charge on any atom is 0.266 e. The number of hydrogen-bond acceptors (Lipinski definition) is 6. The Morgan fingerprint density at radius 2 is 2.00 bits per heavy atom. The number of fused-ring (bicyclic) bond motifs is 1. The first kappa shape index (κ1) is 20.6. The Labute approximate surface area is 185 Å². The van der Waals surface area contributed by atoms with Crippen molar-refractivity contribution in [3.63, 3.8) is 0 Å². The molecule has 0 unspecified atom stereocenters. The lowest BCUT2D eigenvalue weighted by molar-refractivity contribution is -0.113. The Morgan fingerprint density at radius 1 is 1.20 bits per heavy atom. The predicted molar refractivity (Wildman–Crippen MR) is 123 cm³/mol. The van der Waals surface area contributed by atoms with Crippen LogP contribution in [0.25, 0.3) is 16.6 Å². The molecule has 1 amide bonds. The van der Waals surface area contributed by atoms with Gasteiger partial charge in [0.15, 0.2) is 10.3 Å². The van der Waals surface area contributed by atoms with Gasteiger partial charge < -0.3 is 5.32 Å². The lowest BCUT2D eigenvalue weighted by Gasteiger charge is -2.15. The summed E-state index contributed by atoms with van der Waals surface area (Å²) < 4.78 is 1.55. The molecule has 1 N–H and O–H groups in total. The molecule has 0 spiro atoms. The summed E-state index contributed by atoms with van der Waals surface area (Å²) in [4.78, 5) is 34.6. The Balaban J connectivity index is 1.73. The van der Waals surface area contributed by atoms with E-state index in [4.69, 9.17) is 11.6 Å². The molecule has 2 heterocycles. The minimum atomic E-state index is -0.217. The van der Waals surface area contributed by atoms with Gasteiger partial charge in [-0.15, -0.1) is 11.3 Å². The molecule has 0 aliphatic carbocycles. The standard InChI is InChI=1S/C21H17ClN4O2S2/c1-12-5-3-4-6-17(12)26-19(28)15-8-7-14(22)9-16(15)24-21(26)30-11-18(27)25-20-23-13(2)10-29-20/h3-10H,11H2,1-2H3,(H,23,25,27). The number of halogens is 1. The Morgan fingerprint density at radius 3 is 2.73 bits per heavy atom. The zero-order valence-corrected chi connectivity index (χ0v) is 18.6. The molecule has 0 saturated carbocycles. The molecule has 152 valence electrons. The van der Waals surface area contributed by atoms with Crippen LogP contribution in [0.3, 0.4) is 0 Å². The molecule has 6 nitrogen and oxygen atoms in total. The minimum Gasteiger partial charge on any atom is -0.301 e. The number of aromatic nitrogens is 3. The molecule has 0 radical (unpaired) electrons. The van der Waals surface area contributed by atoms with E-state index in [1.807, 2.05) is 43.5 Å². The number of carbonyl (C=O) groups excluding carboxylic acids is 1. The largest absolute Gasteiger partial charge is 0.301 e. The van der Waals surface area contributed by atoms with Crippen LogP contribution in [0.15, 0.2) is 57.8 Å². The molecule has 2 aromatic heterocycles. The number of carbonyl (C=O) groups is 1. The number of thioether (sulfide) groups is 1. The number of benzene rings is 2. The average Bonchev–Trinajstić information content (AvgIpc) is 3.11. The number of thiazole rings is 1. The fourth-order valence-electron chi connectivity index (χ4n) is 2.96. The number of aryl methyl sites for hydroxylation is 2. The molecule has 30 heavy (non-hydrogen) atoms. The summed E-state index contributed by atoms with van der Waals surface area (Å²) in [7, 11) is 0. The number of anilines is 1. The van der Waals surface area contributed by atoms with E-state index < -0.39 is 0 Å². The molecule has 0 saturated heterocycles. The zero-order chi connectivity index (χ0) is 21.3. The highest BCUT2D eigenvalue weighted by molar-refractivity contribution is 7.99. The topological polar surface area (TPSA) is 76.9 Å². The maximum atomic E-state index is 13.3. The second-order valence-electron chi connectivity index (χ2n) is 6.61. The van der Waals surface area contributed by atoms with Gasteiger partial charge in [0.1, 0.15) is 0 Å². The van der Waals surface area contributed by atoms with Crippen LogP contribution >= 0.6 is 34.7 Å². The lowest BCUT2D eigenvalue weighted by Crippen LogP contribution is -2.23. The van der Waals surface area contributed by atoms with Crippen molar-refractivity contribution in [1.29, 1.82) is 0 Å². The van der Waals surface area contributed by atoms with Gasteiger partial charge in [0.25, 0.3) is 5.56 Å². The predicted octanol–water partition coefficient (Wildman–Crippen LogP) is 4.84. The first-order valence-electron chi connectivity index (χ1n) is 9.05. The molecule has 4 aromatic rings. The van der Waals surface area contributed by atoms with Crippen LogP contribution in [0.1, 0.15) is 11.3 Å². The molecule has 9 heteroatoms. The third-order valence-corrected chi connectivity index (χ3v) is 6.40. The second-order valence-corrected chi connectivity index (χ2v) is 8.85. The number of nitrogens with one attached hydrogen (secondary N) is 1. The summed E-state index contributed by atoms with van der Waals surface area (Å²) in [5.41, 5.74) is 2.80. The quantitative estimate of drug-likeness (QED) is 0.343. The smallest absolute Gasteiger partial charge is 0.266 e. The van der Waals surface area contributed by atoms with Crippen molar-refractivity contribution in [1.82, 2.24) is 14.5 Å². The number of para-hydroxylation sites is 1. The maximum absolute atomic E-state index is 13.3. The van der Waals surface area contributed by atoms with Crippen molar-refractivity contribution in [2.24, 2.45) is 0 Å². The highest BCUT2D eigenvalue weighted by Crippen LogP contribution is 2.25. The van der Waals surface area contributed by atoms with Gasteiger partial charge in [-0.25, -0.2) is 9.97 Å². The van der Waals surface area contributed by atoms with Crippen LogP contribution in [0.2, 0.25) is 5.02 Å². The molecule has 0 fully saturated rings. The monoisotopic (exact) mass is 456 g/mol. The second kappa shape index (κ2) is 8.59. The third-order valence-electron chi connectivity index (χ3n) is 4.35. The van der Waals surface area contributed by atoms with Crippen LogP contribution in [0.5, 0.6) is 0 Å². The Hall–Kier alpha value is -2.68. The first-order chi connectivity index (χ1) is 14.4. The molecule has 0 atom stereocenters. The number of rotatable bonds is 5. The van der Waals surface area contributed by atoms with Gasteiger partial charge in [-0.2, -0.15) is 0 Å². The summed E-state index contributed by atoms with van der Waals surface area (Å²) in [6.07, 6.45) is 0. The lowest BCUT2D eigenvalue weighted by atomic mass is 10.2. The van der Waals surface area contributed by atoms with E-state index in [9.17, 15) is 9.59 Å². The third kappa shape index (κ3) is 4.26. The van der Waals surface area contributed by atoms with Crippen molar-refractivity contribution >= 4 is 56.6 Å². The van der Waals surface area contributed by atoms with Crippen molar-refractivity contribution in [2.45, 2.75) is 19.0 Å². The van der Waals surface area contributed by atoms with Crippen LogP contribution in [-0.4, -0.2) is 26.2 Å². The highest BCUT2D eigenvalue weighted by Gasteiger charge is 2.16. The number of amides is 1. The van der Waals surface area contributed by atoms with Crippen LogP contribution in [0, 0.1) is 13.8 Å². The van der Waals surface area contributed by atoms with E-state index in [1.54, 1.807) is 22.8 Å². The van der Waals surface area contributed by atoms with Gasteiger partial charge in [-0.3, -0.25) is 14.2 Å². The molecule has 0 bridgehead atoms. The fourth-order valence-corrected chi connectivity index (χ4v) is 4.64. The van der Waals surface area contributed by atoms with Gasteiger partial charge in [0, 0.05) is 10.4 Å². The van der Waals surface area contributed by atoms with Crippen molar-refractivity contribution < 1.29 is 4.79 Å². The highest BCUT2D eigenvalue weighted by atomic mass is 35.5. The summed E-state index contributed by atoms with van der Waals surface area (Å²) >= 11 is 8.66. The average molecular weight is 457 g/mol. The summed E-state index contributed by atoms with van der Waals surface area (Å²) in [5.74, 6) is -0.130. The SMILES string of the molecule is Cc1csc(NC(=O)CSc2nc3cc(Cl)ccc3c(=O)n2-c2ccccc2C)n1. The molecule has 4 rings (SSSR count). The molecule has 0 aliphatic rings.